The van der Waals surface area contributed by atoms with E-state index in [1.165, 1.54) is 5.56 Å². The van der Waals surface area contributed by atoms with E-state index in [9.17, 15) is 0 Å². The number of hydrogen-bond acceptors (Lipinski definition) is 5. The molecular formula is C15H17N5. The average molecular weight is 267 g/mol. The highest BCUT2D eigenvalue weighted by Gasteiger charge is 2.00. The van der Waals surface area contributed by atoms with Crippen LogP contribution in [-0.4, -0.2) is 23.1 Å². The summed E-state index contributed by atoms with van der Waals surface area (Å²) < 4.78 is 0. The van der Waals surface area contributed by atoms with Gasteiger partial charge in [-0.05, 0) is 36.7 Å². The monoisotopic (exact) mass is 267 g/mol. The van der Waals surface area contributed by atoms with Gasteiger partial charge in [-0.2, -0.15) is 5.26 Å². The summed E-state index contributed by atoms with van der Waals surface area (Å²) in [7, 11) is 0. The molecule has 102 valence electrons. The third-order valence-corrected chi connectivity index (χ3v) is 2.81. The minimum Gasteiger partial charge on any atom is -0.383 e. The van der Waals surface area contributed by atoms with Crippen molar-refractivity contribution in [2.24, 2.45) is 0 Å². The Labute approximate surface area is 118 Å². The first kappa shape index (κ1) is 14.0. The molecule has 2 N–H and O–H groups in total. The summed E-state index contributed by atoms with van der Waals surface area (Å²) in [6.07, 6.45) is 6.23. The second-order valence-corrected chi connectivity index (χ2v) is 4.33. The number of nitrogens with zero attached hydrogens (tertiary/aromatic N) is 3. The molecule has 2 aromatic heterocycles. The van der Waals surface area contributed by atoms with Gasteiger partial charge in [-0.3, -0.25) is 4.98 Å². The summed E-state index contributed by atoms with van der Waals surface area (Å²) in [5.41, 5.74) is 2.41. The lowest BCUT2D eigenvalue weighted by molar-refractivity contribution is 0.662. The zero-order valence-electron chi connectivity index (χ0n) is 11.2. The maximum absolute atomic E-state index is 8.91. The van der Waals surface area contributed by atoms with Crippen molar-refractivity contribution in [3.63, 3.8) is 0 Å². The number of nitrogens with one attached hydrogen (secondary N) is 2. The van der Waals surface area contributed by atoms with Gasteiger partial charge in [0.2, 0.25) is 0 Å². The minimum atomic E-state index is 0.441. The molecule has 0 aromatic carbocycles. The van der Waals surface area contributed by atoms with Crippen molar-refractivity contribution in [1.82, 2.24) is 15.3 Å². The van der Waals surface area contributed by atoms with E-state index in [4.69, 9.17) is 5.26 Å². The molecule has 0 radical (unpaired) electrons. The van der Waals surface area contributed by atoms with E-state index in [1.54, 1.807) is 12.4 Å². The Morgan fingerprint density at radius 3 is 2.85 bits per heavy atom. The number of pyridine rings is 2. The predicted molar refractivity (Wildman–Crippen MR) is 78.0 cm³/mol. The van der Waals surface area contributed by atoms with E-state index in [0.29, 0.717) is 5.69 Å². The fourth-order valence-electron chi connectivity index (χ4n) is 1.81. The lowest BCUT2D eigenvalue weighted by atomic mass is 10.3. The third-order valence-electron chi connectivity index (χ3n) is 2.81. The summed E-state index contributed by atoms with van der Waals surface area (Å²) in [5, 5.41) is 15.5. The van der Waals surface area contributed by atoms with Crippen LogP contribution < -0.4 is 10.6 Å². The zero-order valence-corrected chi connectivity index (χ0v) is 11.2. The number of rotatable bonds is 7. The van der Waals surface area contributed by atoms with Crippen molar-refractivity contribution < 1.29 is 0 Å². The Hall–Kier alpha value is -2.45. The quantitative estimate of drug-likeness (QED) is 0.750. The van der Waals surface area contributed by atoms with Crippen LogP contribution in [0.2, 0.25) is 0 Å². The van der Waals surface area contributed by atoms with Gasteiger partial charge in [0.25, 0.3) is 0 Å². The molecule has 0 saturated carbocycles. The average Bonchev–Trinajstić information content (AvgIpc) is 2.52. The van der Waals surface area contributed by atoms with Crippen molar-refractivity contribution in [3.05, 3.63) is 54.1 Å². The Kier molecular flexibility index (Phi) is 5.50. The van der Waals surface area contributed by atoms with Crippen molar-refractivity contribution in [2.75, 3.05) is 18.4 Å². The molecule has 0 aliphatic carbocycles. The van der Waals surface area contributed by atoms with Crippen molar-refractivity contribution >= 4 is 5.69 Å². The highest BCUT2D eigenvalue weighted by atomic mass is 14.9. The second-order valence-electron chi connectivity index (χ2n) is 4.33. The molecule has 0 spiro atoms. The maximum Gasteiger partial charge on any atom is 0.163 e. The van der Waals surface area contributed by atoms with Gasteiger partial charge in [0.15, 0.2) is 5.69 Å². The van der Waals surface area contributed by atoms with Crippen LogP contribution in [0.25, 0.3) is 0 Å². The van der Waals surface area contributed by atoms with Crippen LogP contribution in [0.4, 0.5) is 5.69 Å². The Morgan fingerprint density at radius 1 is 1.15 bits per heavy atom. The molecule has 2 aromatic rings. The van der Waals surface area contributed by atoms with E-state index < -0.39 is 0 Å². The number of anilines is 1. The molecular weight excluding hydrogens is 250 g/mol. The molecule has 0 unspecified atom stereocenters. The first-order valence-electron chi connectivity index (χ1n) is 6.59. The number of aromatic nitrogens is 2. The van der Waals surface area contributed by atoms with Crippen molar-refractivity contribution in [2.45, 2.75) is 13.0 Å². The van der Waals surface area contributed by atoms with Crippen molar-refractivity contribution in [3.8, 4) is 6.07 Å². The molecule has 5 nitrogen and oxygen atoms in total. The van der Waals surface area contributed by atoms with E-state index >= 15 is 0 Å². The molecule has 2 heterocycles. The zero-order chi connectivity index (χ0) is 14.0. The van der Waals surface area contributed by atoms with E-state index in [2.05, 4.69) is 26.7 Å². The lowest BCUT2D eigenvalue weighted by Gasteiger charge is -2.08. The first-order chi connectivity index (χ1) is 9.90. The van der Waals surface area contributed by atoms with Gasteiger partial charge in [0.1, 0.15) is 6.07 Å². The van der Waals surface area contributed by atoms with E-state index in [1.807, 2.05) is 30.5 Å². The van der Waals surface area contributed by atoms with Crippen molar-refractivity contribution in [1.29, 1.82) is 5.26 Å². The Balaban J connectivity index is 1.64. The normalized spacial score (nSPS) is 9.95. The Morgan fingerprint density at radius 2 is 2.05 bits per heavy atom. The van der Waals surface area contributed by atoms with E-state index in [0.717, 1.165) is 31.7 Å². The van der Waals surface area contributed by atoms with Gasteiger partial charge in [0, 0.05) is 31.7 Å². The van der Waals surface area contributed by atoms with Crippen LogP contribution in [0.3, 0.4) is 0 Å². The summed E-state index contributed by atoms with van der Waals surface area (Å²) in [5.74, 6) is 0. The maximum atomic E-state index is 8.91. The fourth-order valence-corrected chi connectivity index (χ4v) is 1.81. The van der Waals surface area contributed by atoms with Gasteiger partial charge in [-0.1, -0.05) is 6.07 Å². The molecule has 0 aliphatic rings. The standard InChI is InChI=1S/C15H17N5/c16-10-15-14(5-2-8-20-15)19-9-3-7-18-12-13-4-1-6-17-11-13/h1-2,4-6,8,11,18-19H,3,7,9,12H2. The molecule has 0 amide bonds. The second kappa shape index (κ2) is 7.87. The van der Waals surface area contributed by atoms with Gasteiger partial charge < -0.3 is 10.6 Å². The number of hydrogen-bond donors (Lipinski definition) is 2. The van der Waals surface area contributed by atoms with Crippen LogP contribution in [-0.2, 0) is 6.54 Å². The lowest BCUT2D eigenvalue weighted by Crippen LogP contribution is -2.18. The molecule has 0 bridgehead atoms. The van der Waals surface area contributed by atoms with Crippen LogP contribution in [0.5, 0.6) is 0 Å². The van der Waals surface area contributed by atoms with Gasteiger partial charge in [-0.15, -0.1) is 0 Å². The summed E-state index contributed by atoms with van der Waals surface area (Å²) in [6.45, 7) is 2.54. The van der Waals surface area contributed by atoms with Crippen LogP contribution in [0.1, 0.15) is 17.7 Å². The predicted octanol–water partition coefficient (Wildman–Crippen LogP) is 1.94. The minimum absolute atomic E-state index is 0.441. The smallest absolute Gasteiger partial charge is 0.163 e. The number of nitriles is 1. The third kappa shape index (κ3) is 4.34. The summed E-state index contributed by atoms with van der Waals surface area (Å²) in [4.78, 5) is 8.07. The topological polar surface area (TPSA) is 73.6 Å². The summed E-state index contributed by atoms with van der Waals surface area (Å²) >= 11 is 0. The van der Waals surface area contributed by atoms with Gasteiger partial charge in [0.05, 0.1) is 5.69 Å². The highest BCUT2D eigenvalue weighted by Crippen LogP contribution is 2.09. The fraction of sp³-hybridized carbons (Fsp3) is 0.267. The molecule has 0 saturated heterocycles. The van der Waals surface area contributed by atoms with Crippen LogP contribution in [0.15, 0.2) is 42.9 Å². The van der Waals surface area contributed by atoms with E-state index in [-0.39, 0.29) is 0 Å². The molecule has 20 heavy (non-hydrogen) atoms. The molecule has 0 fully saturated rings. The molecule has 5 heteroatoms. The SMILES string of the molecule is N#Cc1ncccc1NCCCNCc1cccnc1. The van der Waals surface area contributed by atoms with Gasteiger partial charge >= 0.3 is 0 Å². The van der Waals surface area contributed by atoms with Crippen LogP contribution >= 0.6 is 0 Å². The summed E-state index contributed by atoms with van der Waals surface area (Å²) in [6, 6.07) is 9.75. The van der Waals surface area contributed by atoms with Crippen LogP contribution in [0, 0.1) is 11.3 Å². The molecule has 2 rings (SSSR count). The largest absolute Gasteiger partial charge is 0.383 e. The first-order valence-corrected chi connectivity index (χ1v) is 6.59. The Bertz CT molecular complexity index is 562. The highest BCUT2D eigenvalue weighted by molar-refractivity contribution is 5.53. The molecule has 0 aliphatic heterocycles. The molecule has 0 atom stereocenters. The van der Waals surface area contributed by atoms with Gasteiger partial charge in [-0.25, -0.2) is 4.98 Å².